The first-order valence-electron chi connectivity index (χ1n) is 7.86. The van der Waals surface area contributed by atoms with Gasteiger partial charge in [-0.25, -0.2) is 13.2 Å². The van der Waals surface area contributed by atoms with Gasteiger partial charge >= 0.3 is 5.97 Å². The molecule has 1 aliphatic heterocycles. The Morgan fingerprint density at radius 3 is 2.50 bits per heavy atom. The average molecular weight is 375 g/mol. The number of amides is 1. The van der Waals surface area contributed by atoms with Crippen LogP contribution in [0.2, 0.25) is 0 Å². The molecule has 1 aliphatic rings. The number of sulfonamides is 1. The fraction of sp³-hybridized carbons (Fsp3) is 0.176. The average Bonchev–Trinajstić information content (AvgIpc) is 2.62. The number of fused-ring (bicyclic) bond motifs is 1. The van der Waals surface area contributed by atoms with Crippen molar-refractivity contribution in [2.75, 3.05) is 17.2 Å². The van der Waals surface area contributed by atoms with E-state index in [9.17, 15) is 18.0 Å². The number of hydrogen-bond acceptors (Lipinski definition) is 6. The second kappa shape index (κ2) is 7.14. The van der Waals surface area contributed by atoms with E-state index >= 15 is 0 Å². The Hall–Kier alpha value is -2.91. The van der Waals surface area contributed by atoms with Gasteiger partial charge < -0.3 is 15.4 Å². The summed E-state index contributed by atoms with van der Waals surface area (Å²) in [5, 5.41) is 5.44. The van der Waals surface area contributed by atoms with E-state index in [0.29, 0.717) is 16.9 Å². The SMILES string of the molecule is CCOC(=O)c1ccc(NC(=O)[C@H]2Nc3ccccc3S(=O)(=O)N2)cc1. The van der Waals surface area contributed by atoms with Crippen molar-refractivity contribution in [3.8, 4) is 0 Å². The molecule has 26 heavy (non-hydrogen) atoms. The van der Waals surface area contributed by atoms with Gasteiger partial charge in [0.15, 0.2) is 6.17 Å². The van der Waals surface area contributed by atoms with E-state index < -0.39 is 28.1 Å². The molecular formula is C17H17N3O5S. The number of anilines is 2. The molecule has 136 valence electrons. The van der Waals surface area contributed by atoms with Crippen LogP contribution in [-0.4, -0.2) is 33.1 Å². The lowest BCUT2D eigenvalue weighted by Gasteiger charge is -2.27. The Morgan fingerprint density at radius 1 is 1.12 bits per heavy atom. The maximum Gasteiger partial charge on any atom is 0.338 e. The third kappa shape index (κ3) is 3.68. The monoisotopic (exact) mass is 375 g/mol. The highest BCUT2D eigenvalue weighted by atomic mass is 32.2. The molecule has 1 heterocycles. The van der Waals surface area contributed by atoms with Crippen LogP contribution >= 0.6 is 0 Å². The molecule has 2 aromatic carbocycles. The predicted molar refractivity (Wildman–Crippen MR) is 95.2 cm³/mol. The van der Waals surface area contributed by atoms with Gasteiger partial charge in [-0.3, -0.25) is 4.79 Å². The van der Waals surface area contributed by atoms with Gasteiger partial charge in [0.05, 0.1) is 17.9 Å². The molecular weight excluding hydrogens is 358 g/mol. The number of nitrogens with one attached hydrogen (secondary N) is 3. The van der Waals surface area contributed by atoms with Gasteiger partial charge in [0.2, 0.25) is 10.0 Å². The fourth-order valence-electron chi connectivity index (χ4n) is 2.46. The van der Waals surface area contributed by atoms with Gasteiger partial charge in [-0.05, 0) is 43.3 Å². The molecule has 0 aromatic heterocycles. The van der Waals surface area contributed by atoms with Crippen LogP contribution in [0, 0.1) is 0 Å². The first-order valence-corrected chi connectivity index (χ1v) is 9.35. The molecule has 0 radical (unpaired) electrons. The van der Waals surface area contributed by atoms with Crippen LogP contribution in [0.3, 0.4) is 0 Å². The second-order valence-corrected chi connectivity index (χ2v) is 7.16. The van der Waals surface area contributed by atoms with E-state index in [-0.39, 0.29) is 11.5 Å². The number of carbonyl (C=O) groups excluding carboxylic acids is 2. The van der Waals surface area contributed by atoms with Crippen molar-refractivity contribution < 1.29 is 22.7 Å². The molecule has 0 unspecified atom stereocenters. The maximum absolute atomic E-state index is 12.4. The zero-order valence-corrected chi connectivity index (χ0v) is 14.7. The van der Waals surface area contributed by atoms with Gasteiger partial charge in [-0.1, -0.05) is 12.1 Å². The number of hydrogen-bond donors (Lipinski definition) is 3. The first kappa shape index (κ1) is 17.9. The smallest absolute Gasteiger partial charge is 0.338 e. The Balaban J connectivity index is 1.72. The minimum Gasteiger partial charge on any atom is -0.462 e. The summed E-state index contributed by atoms with van der Waals surface area (Å²) < 4.78 is 31.7. The van der Waals surface area contributed by atoms with Gasteiger partial charge in [0, 0.05) is 5.69 Å². The Morgan fingerprint density at radius 2 is 1.81 bits per heavy atom. The lowest BCUT2D eigenvalue weighted by molar-refractivity contribution is -0.117. The number of esters is 1. The largest absolute Gasteiger partial charge is 0.462 e. The van der Waals surface area contributed by atoms with E-state index in [0.717, 1.165) is 0 Å². The highest BCUT2D eigenvalue weighted by Crippen LogP contribution is 2.25. The third-order valence-electron chi connectivity index (χ3n) is 3.68. The van der Waals surface area contributed by atoms with Crippen molar-refractivity contribution in [2.24, 2.45) is 0 Å². The molecule has 9 heteroatoms. The van der Waals surface area contributed by atoms with Gasteiger partial charge in [0.1, 0.15) is 4.90 Å². The lowest BCUT2D eigenvalue weighted by Crippen LogP contribution is -2.51. The van der Waals surface area contributed by atoms with Gasteiger partial charge in [0.25, 0.3) is 5.91 Å². The van der Waals surface area contributed by atoms with Crippen molar-refractivity contribution >= 4 is 33.3 Å². The van der Waals surface area contributed by atoms with Crippen LogP contribution in [0.1, 0.15) is 17.3 Å². The third-order valence-corrected chi connectivity index (χ3v) is 5.16. The molecule has 0 saturated carbocycles. The van der Waals surface area contributed by atoms with E-state index in [1.165, 1.54) is 30.3 Å². The molecule has 0 spiro atoms. The number of ether oxygens (including phenoxy) is 1. The topological polar surface area (TPSA) is 114 Å². The van der Waals surface area contributed by atoms with E-state index in [4.69, 9.17) is 4.74 Å². The van der Waals surface area contributed by atoms with Gasteiger partial charge in [-0.2, -0.15) is 4.72 Å². The van der Waals surface area contributed by atoms with Gasteiger partial charge in [-0.15, -0.1) is 0 Å². The maximum atomic E-state index is 12.4. The van der Waals surface area contributed by atoms with Crippen molar-refractivity contribution in [3.05, 3.63) is 54.1 Å². The summed E-state index contributed by atoms with van der Waals surface area (Å²) in [6, 6.07) is 12.4. The molecule has 3 rings (SSSR count). The van der Waals surface area contributed by atoms with E-state index in [2.05, 4.69) is 15.4 Å². The van der Waals surface area contributed by atoms with Crippen molar-refractivity contribution in [1.29, 1.82) is 0 Å². The normalized spacial score (nSPS) is 17.5. The summed E-state index contributed by atoms with van der Waals surface area (Å²) in [6.07, 6.45) is -1.15. The quantitative estimate of drug-likeness (QED) is 0.699. The molecule has 0 saturated heterocycles. The summed E-state index contributed by atoms with van der Waals surface area (Å²) in [5.41, 5.74) is 1.13. The van der Waals surface area contributed by atoms with Crippen LogP contribution in [0.15, 0.2) is 53.4 Å². The zero-order chi connectivity index (χ0) is 18.7. The highest BCUT2D eigenvalue weighted by molar-refractivity contribution is 7.89. The molecule has 0 fully saturated rings. The summed E-state index contributed by atoms with van der Waals surface area (Å²) in [5.74, 6) is -1.03. The van der Waals surface area contributed by atoms with Crippen molar-refractivity contribution in [3.63, 3.8) is 0 Å². The van der Waals surface area contributed by atoms with Crippen LogP contribution in [-0.2, 0) is 19.6 Å². The highest BCUT2D eigenvalue weighted by Gasteiger charge is 2.32. The molecule has 1 amide bonds. The van der Waals surface area contributed by atoms with Crippen molar-refractivity contribution in [2.45, 2.75) is 18.0 Å². The van der Waals surface area contributed by atoms with Crippen LogP contribution < -0.4 is 15.4 Å². The Bertz CT molecular complexity index is 941. The first-order chi connectivity index (χ1) is 12.4. The molecule has 8 nitrogen and oxygen atoms in total. The number of rotatable bonds is 4. The fourth-order valence-corrected chi connectivity index (χ4v) is 3.74. The predicted octanol–water partition coefficient (Wildman–Crippen LogP) is 1.53. The summed E-state index contributed by atoms with van der Waals surface area (Å²) in [4.78, 5) is 24.1. The van der Waals surface area contributed by atoms with Crippen LogP contribution in [0.5, 0.6) is 0 Å². The van der Waals surface area contributed by atoms with E-state index in [1.54, 1.807) is 25.1 Å². The second-order valence-electron chi connectivity index (χ2n) is 5.48. The summed E-state index contributed by atoms with van der Waals surface area (Å²) in [6.45, 7) is 1.98. The summed E-state index contributed by atoms with van der Waals surface area (Å²) >= 11 is 0. The number of benzene rings is 2. The minimum atomic E-state index is -3.79. The summed E-state index contributed by atoms with van der Waals surface area (Å²) in [7, 11) is -3.79. The minimum absolute atomic E-state index is 0.0860. The Kier molecular flexibility index (Phi) is 4.92. The molecule has 3 N–H and O–H groups in total. The van der Waals surface area contributed by atoms with Crippen LogP contribution in [0.4, 0.5) is 11.4 Å². The van der Waals surface area contributed by atoms with E-state index in [1.807, 2.05) is 0 Å². The molecule has 0 aliphatic carbocycles. The van der Waals surface area contributed by atoms with Crippen molar-refractivity contribution in [1.82, 2.24) is 4.72 Å². The lowest BCUT2D eigenvalue weighted by atomic mass is 10.2. The van der Waals surface area contributed by atoms with Crippen LogP contribution in [0.25, 0.3) is 0 Å². The standard InChI is InChI=1S/C17H17N3O5S/c1-2-25-17(22)11-7-9-12(10-8-11)18-16(21)15-19-13-5-3-4-6-14(13)26(23,24)20-15/h3-10,15,19-20H,2H2,1H3,(H,18,21)/t15-/m0/s1. The number of carbonyl (C=O) groups is 2. The molecule has 2 aromatic rings. The number of para-hydroxylation sites is 1. The zero-order valence-electron chi connectivity index (χ0n) is 13.9. The molecule has 1 atom stereocenters. The molecule has 0 bridgehead atoms. The Labute approximate surface area is 150 Å².